The van der Waals surface area contributed by atoms with Crippen LogP contribution in [0.3, 0.4) is 0 Å². The number of hydrogen-bond donors (Lipinski definition) is 1. The number of halogens is 2. The molecule has 21 heavy (non-hydrogen) atoms. The zero-order valence-corrected chi connectivity index (χ0v) is 13.8. The van der Waals surface area contributed by atoms with Gasteiger partial charge in [-0.05, 0) is 51.0 Å². The molecule has 2 aromatic rings. The molecule has 1 unspecified atom stereocenters. The summed E-state index contributed by atoms with van der Waals surface area (Å²) < 4.78 is 16.4. The van der Waals surface area contributed by atoms with Crippen molar-refractivity contribution in [1.29, 1.82) is 0 Å². The molecule has 0 amide bonds. The van der Waals surface area contributed by atoms with Gasteiger partial charge in [0.2, 0.25) is 0 Å². The van der Waals surface area contributed by atoms with Crippen LogP contribution in [-0.4, -0.2) is 33.6 Å². The number of aromatic amines is 1. The largest absolute Gasteiger partial charge is 0.331 e. The van der Waals surface area contributed by atoms with Gasteiger partial charge in [-0.3, -0.25) is 0 Å². The van der Waals surface area contributed by atoms with Gasteiger partial charge in [-0.2, -0.15) is 0 Å². The molecule has 1 saturated heterocycles. The van der Waals surface area contributed by atoms with Crippen molar-refractivity contribution < 1.29 is 4.39 Å². The maximum atomic E-state index is 13.7. The molecule has 3 rings (SSSR count). The average Bonchev–Trinajstić information content (AvgIpc) is 2.98. The maximum Gasteiger partial charge on any atom is 0.178 e. The van der Waals surface area contributed by atoms with Gasteiger partial charge in [0, 0.05) is 25.2 Å². The van der Waals surface area contributed by atoms with Crippen molar-refractivity contribution in [1.82, 2.24) is 14.5 Å². The van der Waals surface area contributed by atoms with Gasteiger partial charge in [-0.15, -0.1) is 0 Å². The topological polar surface area (TPSA) is 24.0 Å². The van der Waals surface area contributed by atoms with E-state index in [1.807, 2.05) is 4.57 Å². The van der Waals surface area contributed by atoms with Gasteiger partial charge in [0.15, 0.2) is 4.77 Å². The molecule has 1 aliphatic heterocycles. The molecule has 0 saturated carbocycles. The third kappa shape index (κ3) is 2.87. The van der Waals surface area contributed by atoms with Gasteiger partial charge in [0.25, 0.3) is 0 Å². The molecule has 2 heterocycles. The summed E-state index contributed by atoms with van der Waals surface area (Å²) in [6.07, 6.45) is 1.16. The summed E-state index contributed by atoms with van der Waals surface area (Å²) in [5, 5.41) is 0.123. The number of nitrogens with zero attached hydrogens (tertiary/aromatic N) is 2. The first-order valence-electron chi connectivity index (χ1n) is 7.27. The van der Waals surface area contributed by atoms with Crippen LogP contribution in [-0.2, 0) is 6.54 Å². The van der Waals surface area contributed by atoms with E-state index in [1.165, 1.54) is 6.07 Å². The molecule has 1 aliphatic rings. The Morgan fingerprint density at radius 3 is 2.90 bits per heavy atom. The SMILES string of the molecule is CC(C)N1CCC(Cn2c(=S)[nH]c3cc(Cl)c(F)cc32)C1. The van der Waals surface area contributed by atoms with Crippen molar-refractivity contribution in [3.05, 3.63) is 27.7 Å². The Kier molecular flexibility index (Phi) is 4.08. The molecule has 1 aromatic carbocycles. The molecule has 3 nitrogen and oxygen atoms in total. The zero-order chi connectivity index (χ0) is 15.1. The summed E-state index contributed by atoms with van der Waals surface area (Å²) >= 11 is 11.2. The number of aromatic nitrogens is 2. The summed E-state index contributed by atoms with van der Waals surface area (Å²) in [4.78, 5) is 5.59. The first-order chi connectivity index (χ1) is 9.95. The van der Waals surface area contributed by atoms with Crippen LogP contribution in [0.5, 0.6) is 0 Å². The molecule has 0 aliphatic carbocycles. The van der Waals surface area contributed by atoms with E-state index in [4.69, 9.17) is 23.8 Å². The highest BCUT2D eigenvalue weighted by Gasteiger charge is 2.25. The van der Waals surface area contributed by atoms with Crippen molar-refractivity contribution in [2.45, 2.75) is 32.9 Å². The summed E-state index contributed by atoms with van der Waals surface area (Å²) in [5.74, 6) is 0.152. The smallest absolute Gasteiger partial charge is 0.178 e. The average molecular weight is 328 g/mol. The maximum absolute atomic E-state index is 13.7. The van der Waals surface area contributed by atoms with Crippen LogP contribution >= 0.6 is 23.8 Å². The van der Waals surface area contributed by atoms with E-state index in [0.717, 1.165) is 37.1 Å². The molecule has 1 N–H and O–H groups in total. The van der Waals surface area contributed by atoms with Crippen LogP contribution in [0.4, 0.5) is 4.39 Å². The third-order valence-electron chi connectivity index (χ3n) is 4.30. The number of likely N-dealkylation sites (tertiary alicyclic amines) is 1. The fourth-order valence-corrected chi connectivity index (χ4v) is 3.52. The molecule has 1 atom stereocenters. The monoisotopic (exact) mass is 327 g/mol. The van der Waals surface area contributed by atoms with E-state index in [0.29, 0.717) is 16.7 Å². The molecule has 114 valence electrons. The minimum atomic E-state index is -0.401. The minimum Gasteiger partial charge on any atom is -0.331 e. The fraction of sp³-hybridized carbons (Fsp3) is 0.533. The number of fused-ring (bicyclic) bond motifs is 1. The second kappa shape index (κ2) is 5.71. The van der Waals surface area contributed by atoms with E-state index < -0.39 is 5.82 Å². The van der Waals surface area contributed by atoms with E-state index in [-0.39, 0.29) is 5.02 Å². The van der Waals surface area contributed by atoms with Crippen molar-refractivity contribution in [2.75, 3.05) is 13.1 Å². The second-order valence-corrected chi connectivity index (χ2v) is 6.86. The molecule has 1 fully saturated rings. The van der Waals surface area contributed by atoms with Crippen LogP contribution in [0.25, 0.3) is 11.0 Å². The molecule has 0 spiro atoms. The van der Waals surface area contributed by atoms with E-state index >= 15 is 0 Å². The molecule has 6 heteroatoms. The Labute approximate surface area is 133 Å². The second-order valence-electron chi connectivity index (χ2n) is 6.07. The lowest BCUT2D eigenvalue weighted by molar-refractivity contribution is 0.261. The molecule has 1 aromatic heterocycles. The normalized spacial score (nSPS) is 20.0. The highest BCUT2D eigenvalue weighted by Crippen LogP contribution is 2.26. The summed E-state index contributed by atoms with van der Waals surface area (Å²) in [7, 11) is 0. The standard InChI is InChI=1S/C15H19ClFN3S/c1-9(2)19-4-3-10(7-19)8-20-14-6-12(17)11(16)5-13(14)18-15(20)21/h5-6,9-10H,3-4,7-8H2,1-2H3,(H,18,21). The van der Waals surface area contributed by atoms with Crippen molar-refractivity contribution in [3.63, 3.8) is 0 Å². The Balaban J connectivity index is 1.89. The van der Waals surface area contributed by atoms with Gasteiger partial charge in [0.05, 0.1) is 16.1 Å². The lowest BCUT2D eigenvalue weighted by Crippen LogP contribution is -2.28. The van der Waals surface area contributed by atoms with Gasteiger partial charge >= 0.3 is 0 Å². The number of H-pyrrole nitrogens is 1. The number of rotatable bonds is 3. The number of imidazole rings is 1. The highest BCUT2D eigenvalue weighted by atomic mass is 35.5. The third-order valence-corrected chi connectivity index (χ3v) is 4.92. The summed E-state index contributed by atoms with van der Waals surface area (Å²) in [5.41, 5.74) is 1.59. The molecular weight excluding hydrogens is 309 g/mol. The van der Waals surface area contributed by atoms with E-state index in [1.54, 1.807) is 6.07 Å². The lowest BCUT2D eigenvalue weighted by Gasteiger charge is -2.20. The van der Waals surface area contributed by atoms with Crippen LogP contribution in [0.2, 0.25) is 5.02 Å². The first-order valence-corrected chi connectivity index (χ1v) is 8.06. The first kappa shape index (κ1) is 15.0. The molecule has 0 bridgehead atoms. The van der Waals surface area contributed by atoms with Crippen molar-refractivity contribution in [2.24, 2.45) is 5.92 Å². The molecular formula is C15H19ClFN3S. The Hall–Kier alpha value is -0.910. The van der Waals surface area contributed by atoms with Gasteiger partial charge < -0.3 is 14.5 Å². The van der Waals surface area contributed by atoms with Crippen LogP contribution in [0.15, 0.2) is 12.1 Å². The fourth-order valence-electron chi connectivity index (χ4n) is 3.07. The van der Waals surface area contributed by atoms with Crippen LogP contribution in [0.1, 0.15) is 20.3 Å². The quantitative estimate of drug-likeness (QED) is 0.853. The minimum absolute atomic E-state index is 0.123. The predicted molar refractivity (Wildman–Crippen MR) is 86.9 cm³/mol. The van der Waals surface area contributed by atoms with Crippen LogP contribution < -0.4 is 0 Å². The number of nitrogens with one attached hydrogen (secondary N) is 1. The molecule has 0 radical (unpaired) electrons. The van der Waals surface area contributed by atoms with Gasteiger partial charge in [-0.25, -0.2) is 4.39 Å². The lowest BCUT2D eigenvalue weighted by atomic mass is 10.1. The van der Waals surface area contributed by atoms with E-state index in [2.05, 4.69) is 23.7 Å². The highest BCUT2D eigenvalue weighted by molar-refractivity contribution is 7.71. The predicted octanol–water partition coefficient (Wildman–Crippen LogP) is 4.22. The Bertz CT molecular complexity index is 722. The van der Waals surface area contributed by atoms with Gasteiger partial charge in [-0.1, -0.05) is 11.6 Å². The van der Waals surface area contributed by atoms with Crippen molar-refractivity contribution in [3.8, 4) is 0 Å². The Morgan fingerprint density at radius 2 is 2.24 bits per heavy atom. The van der Waals surface area contributed by atoms with Crippen molar-refractivity contribution >= 4 is 34.9 Å². The van der Waals surface area contributed by atoms with E-state index in [9.17, 15) is 4.39 Å². The van der Waals surface area contributed by atoms with Crippen LogP contribution in [0, 0.1) is 16.5 Å². The summed E-state index contributed by atoms with van der Waals surface area (Å²) in [6.45, 7) is 7.46. The summed E-state index contributed by atoms with van der Waals surface area (Å²) in [6, 6.07) is 3.65. The number of hydrogen-bond acceptors (Lipinski definition) is 2. The Morgan fingerprint density at radius 1 is 1.48 bits per heavy atom. The van der Waals surface area contributed by atoms with Gasteiger partial charge in [0.1, 0.15) is 5.82 Å². The number of benzene rings is 1. The zero-order valence-electron chi connectivity index (χ0n) is 12.2.